The van der Waals surface area contributed by atoms with Gasteiger partial charge in [0.2, 0.25) is 5.13 Å². The summed E-state index contributed by atoms with van der Waals surface area (Å²) in [6.45, 7) is 9.65. The van der Waals surface area contributed by atoms with Crippen LogP contribution in [0.25, 0.3) is 10.2 Å². The van der Waals surface area contributed by atoms with E-state index in [0.29, 0.717) is 48.8 Å². The summed E-state index contributed by atoms with van der Waals surface area (Å²) < 4.78 is 23.4. The molecule has 0 fully saturated rings. The fourth-order valence-corrected chi connectivity index (χ4v) is 6.59. The van der Waals surface area contributed by atoms with Gasteiger partial charge in [0.1, 0.15) is 11.5 Å². The highest BCUT2D eigenvalue weighted by molar-refractivity contribution is 7.22. The van der Waals surface area contributed by atoms with Crippen LogP contribution in [0.2, 0.25) is 0 Å². The van der Waals surface area contributed by atoms with Crippen LogP contribution in [0, 0.1) is 0 Å². The molecule has 0 saturated carbocycles. The number of esters is 3. The van der Waals surface area contributed by atoms with Crippen molar-refractivity contribution in [3.05, 3.63) is 96.1 Å². The van der Waals surface area contributed by atoms with E-state index in [1.54, 1.807) is 60.0 Å². The average molecular weight is 770 g/mol. The van der Waals surface area contributed by atoms with Crippen molar-refractivity contribution in [3.63, 3.8) is 0 Å². The zero-order valence-electron chi connectivity index (χ0n) is 32.3. The molecule has 0 aliphatic carbocycles. The van der Waals surface area contributed by atoms with Gasteiger partial charge in [0.15, 0.2) is 0 Å². The summed E-state index contributed by atoms with van der Waals surface area (Å²) in [4.78, 5) is 42.5. The number of aromatic nitrogens is 1. The molecule has 10 nitrogen and oxygen atoms in total. The van der Waals surface area contributed by atoms with Gasteiger partial charge in [-0.05, 0) is 93.1 Å². The van der Waals surface area contributed by atoms with Crippen LogP contribution in [-0.4, -0.2) is 55.5 Å². The predicted molar refractivity (Wildman–Crippen MR) is 221 cm³/mol. The van der Waals surface area contributed by atoms with E-state index in [9.17, 15) is 14.4 Å². The molecular formula is C44H55N3O7S. The van der Waals surface area contributed by atoms with Crippen molar-refractivity contribution < 1.29 is 33.3 Å². The van der Waals surface area contributed by atoms with Crippen molar-refractivity contribution in [1.29, 1.82) is 0 Å². The molecule has 0 aliphatic heterocycles. The Kier molecular flexibility index (Phi) is 18.9. The highest BCUT2D eigenvalue weighted by Gasteiger charge is 2.17. The standard InChI is InChI=1S/C44H55N3O7S/c1-4-7-9-11-19-31-53-42(49)35-24-27-39(54-43(50)34-22-25-37(26-23-34)51-29-17-12-13-18-30-52-41(48)6-3)36(32-35)33-45-47(28-16-10-8-5-2)44-46-38-20-14-15-21-40(38)55-44/h6,14-15,20-27,32-33H,3-5,7-13,16-19,28-31H2,1-2H3/b45-33-. The molecule has 11 heteroatoms. The Labute approximate surface area is 329 Å². The lowest BCUT2D eigenvalue weighted by Crippen LogP contribution is -2.18. The van der Waals surface area contributed by atoms with Crippen LogP contribution in [0.1, 0.15) is 124 Å². The van der Waals surface area contributed by atoms with Crippen LogP contribution in [0.3, 0.4) is 0 Å². The van der Waals surface area contributed by atoms with E-state index < -0.39 is 17.9 Å². The second-order valence-corrected chi connectivity index (χ2v) is 14.3. The number of fused-ring (bicyclic) bond motifs is 1. The molecule has 0 unspecified atom stereocenters. The summed E-state index contributed by atoms with van der Waals surface area (Å²) in [5, 5.41) is 7.50. The molecule has 0 atom stereocenters. The average Bonchev–Trinajstić information content (AvgIpc) is 3.64. The predicted octanol–water partition coefficient (Wildman–Crippen LogP) is 10.7. The first-order chi connectivity index (χ1) is 26.9. The van der Waals surface area contributed by atoms with E-state index in [1.165, 1.54) is 6.42 Å². The smallest absolute Gasteiger partial charge is 0.343 e. The number of anilines is 1. The first kappa shape index (κ1) is 42.7. The normalized spacial score (nSPS) is 11.1. The fourth-order valence-electron chi connectivity index (χ4n) is 5.64. The Bertz CT molecular complexity index is 1790. The van der Waals surface area contributed by atoms with Gasteiger partial charge in [-0.15, -0.1) is 0 Å². The third kappa shape index (κ3) is 15.0. The molecule has 4 rings (SSSR count). The number of carbonyl (C=O) groups excluding carboxylic acids is 3. The minimum absolute atomic E-state index is 0.264. The van der Waals surface area contributed by atoms with E-state index in [0.717, 1.165) is 98.5 Å². The quantitative estimate of drug-likeness (QED) is 0.0154. The number of ether oxygens (including phenoxy) is 4. The monoisotopic (exact) mass is 769 g/mol. The van der Waals surface area contributed by atoms with Crippen molar-refractivity contribution in [2.75, 3.05) is 31.4 Å². The number of nitrogens with zero attached hydrogens (tertiary/aromatic N) is 3. The van der Waals surface area contributed by atoms with Crippen LogP contribution in [0.15, 0.2) is 84.5 Å². The topological polar surface area (TPSA) is 117 Å². The SMILES string of the molecule is C=CC(=O)OCCCCCCOc1ccc(C(=O)Oc2ccc(C(=O)OCCCCCCC)cc2/C=N\N(CCCCCC)c2nc3ccccc3s2)cc1. The van der Waals surface area contributed by atoms with E-state index in [2.05, 4.69) is 20.4 Å². The number of thiazole rings is 1. The van der Waals surface area contributed by atoms with Gasteiger partial charge >= 0.3 is 17.9 Å². The van der Waals surface area contributed by atoms with E-state index in [-0.39, 0.29) is 5.75 Å². The van der Waals surface area contributed by atoms with Gasteiger partial charge < -0.3 is 18.9 Å². The lowest BCUT2D eigenvalue weighted by Gasteiger charge is -2.16. The van der Waals surface area contributed by atoms with Crippen LogP contribution in [0.4, 0.5) is 5.13 Å². The molecule has 0 radical (unpaired) electrons. The van der Waals surface area contributed by atoms with Gasteiger partial charge in [-0.25, -0.2) is 24.4 Å². The number of carbonyl (C=O) groups is 3. The van der Waals surface area contributed by atoms with Crippen molar-refractivity contribution >= 4 is 50.8 Å². The van der Waals surface area contributed by atoms with Crippen LogP contribution in [0.5, 0.6) is 11.5 Å². The van der Waals surface area contributed by atoms with E-state index in [1.807, 2.05) is 29.3 Å². The van der Waals surface area contributed by atoms with Crippen molar-refractivity contribution in [2.24, 2.45) is 5.10 Å². The molecule has 3 aromatic carbocycles. The maximum absolute atomic E-state index is 13.4. The number of hydrogen-bond donors (Lipinski definition) is 0. The highest BCUT2D eigenvalue weighted by atomic mass is 32.1. The van der Waals surface area contributed by atoms with Gasteiger partial charge in [-0.3, -0.25) is 0 Å². The summed E-state index contributed by atoms with van der Waals surface area (Å²) >= 11 is 1.57. The lowest BCUT2D eigenvalue weighted by molar-refractivity contribution is -0.137. The summed E-state index contributed by atoms with van der Waals surface area (Å²) in [7, 11) is 0. The number of rotatable bonds is 26. The first-order valence-electron chi connectivity index (χ1n) is 19.6. The zero-order chi connectivity index (χ0) is 39.1. The highest BCUT2D eigenvalue weighted by Crippen LogP contribution is 2.30. The zero-order valence-corrected chi connectivity index (χ0v) is 33.2. The Hall–Kier alpha value is -5.03. The molecule has 0 bridgehead atoms. The second-order valence-electron chi connectivity index (χ2n) is 13.2. The second kappa shape index (κ2) is 24.4. The molecule has 0 amide bonds. The fraction of sp³-hybridized carbons (Fsp3) is 0.432. The van der Waals surface area contributed by atoms with Gasteiger partial charge in [-0.1, -0.05) is 88.8 Å². The molecular weight excluding hydrogens is 715 g/mol. The maximum atomic E-state index is 13.4. The summed E-state index contributed by atoms with van der Waals surface area (Å²) in [5.41, 5.74) is 2.07. The Morgan fingerprint density at radius 1 is 0.745 bits per heavy atom. The van der Waals surface area contributed by atoms with Crippen LogP contribution < -0.4 is 14.5 Å². The minimum Gasteiger partial charge on any atom is -0.494 e. The molecule has 4 aromatic rings. The Morgan fingerprint density at radius 3 is 2.11 bits per heavy atom. The van der Waals surface area contributed by atoms with E-state index >= 15 is 0 Å². The van der Waals surface area contributed by atoms with Crippen LogP contribution in [-0.2, 0) is 14.3 Å². The van der Waals surface area contributed by atoms with Crippen LogP contribution >= 0.6 is 11.3 Å². The number of benzene rings is 3. The molecule has 1 heterocycles. The number of para-hydroxylation sites is 1. The van der Waals surface area contributed by atoms with Crippen molar-refractivity contribution in [2.45, 2.75) is 97.3 Å². The number of unbranched alkanes of at least 4 members (excludes halogenated alkanes) is 10. The molecule has 55 heavy (non-hydrogen) atoms. The summed E-state index contributed by atoms with van der Waals surface area (Å²) in [6.07, 6.45) is 15.8. The van der Waals surface area contributed by atoms with E-state index in [4.69, 9.17) is 29.0 Å². The van der Waals surface area contributed by atoms with Gasteiger partial charge in [0.05, 0.1) is 47.4 Å². The van der Waals surface area contributed by atoms with Crippen molar-refractivity contribution in [3.8, 4) is 11.5 Å². The molecule has 0 spiro atoms. The molecule has 294 valence electrons. The Morgan fingerprint density at radius 2 is 1.40 bits per heavy atom. The molecule has 0 N–H and O–H groups in total. The summed E-state index contributed by atoms with van der Waals surface area (Å²) in [5.74, 6) is -0.482. The molecule has 0 saturated heterocycles. The first-order valence-corrected chi connectivity index (χ1v) is 20.5. The molecule has 1 aromatic heterocycles. The number of hydrazone groups is 1. The summed E-state index contributed by atoms with van der Waals surface area (Å²) in [6, 6.07) is 19.7. The largest absolute Gasteiger partial charge is 0.494 e. The maximum Gasteiger partial charge on any atom is 0.343 e. The van der Waals surface area contributed by atoms with Crippen molar-refractivity contribution in [1.82, 2.24) is 4.98 Å². The van der Waals surface area contributed by atoms with Gasteiger partial charge in [0.25, 0.3) is 0 Å². The minimum atomic E-state index is -0.552. The third-order valence-corrected chi connectivity index (χ3v) is 9.85. The van der Waals surface area contributed by atoms with Gasteiger partial charge in [0, 0.05) is 18.2 Å². The lowest BCUT2D eigenvalue weighted by atomic mass is 10.1. The third-order valence-electron chi connectivity index (χ3n) is 8.80. The molecule has 0 aliphatic rings. The number of hydrogen-bond acceptors (Lipinski definition) is 11. The van der Waals surface area contributed by atoms with Gasteiger partial charge in [-0.2, -0.15) is 5.10 Å². The Balaban J connectivity index is 1.45.